The largest absolute Gasteiger partial charge is 0.323 e. The number of benzene rings is 2. The third-order valence-corrected chi connectivity index (χ3v) is 3.76. The molecule has 0 bridgehead atoms. The summed E-state index contributed by atoms with van der Waals surface area (Å²) in [5.74, 6) is 0.239. The Labute approximate surface area is 142 Å². The summed E-state index contributed by atoms with van der Waals surface area (Å²) in [5, 5.41) is 12.1. The Balaban J connectivity index is 1.79. The van der Waals surface area contributed by atoms with Crippen molar-refractivity contribution in [1.29, 1.82) is 0 Å². The lowest BCUT2D eigenvalue weighted by Gasteiger charge is -2.07. The maximum absolute atomic E-state index is 12.1. The summed E-state index contributed by atoms with van der Waals surface area (Å²) in [6.45, 7) is 0. The van der Waals surface area contributed by atoms with Gasteiger partial charge in [-0.15, -0.1) is 10.2 Å². The summed E-state index contributed by atoms with van der Waals surface area (Å²) in [7, 11) is 0. The van der Waals surface area contributed by atoms with E-state index in [1.807, 2.05) is 24.3 Å². The van der Waals surface area contributed by atoms with Gasteiger partial charge in [0.05, 0.1) is 10.7 Å². The molecule has 0 radical (unpaired) electrons. The van der Waals surface area contributed by atoms with Crippen molar-refractivity contribution in [2.75, 3.05) is 5.32 Å². The number of H-pyrrole nitrogens is 1. The van der Waals surface area contributed by atoms with E-state index >= 15 is 0 Å². The van der Waals surface area contributed by atoms with Crippen LogP contribution in [0.3, 0.4) is 0 Å². The van der Waals surface area contributed by atoms with Gasteiger partial charge in [0.25, 0.3) is 5.56 Å². The molecular weight excluding hydrogens is 335 g/mol. The van der Waals surface area contributed by atoms with Gasteiger partial charge in [-0.3, -0.25) is 9.78 Å². The number of nitrogens with one attached hydrogen (secondary N) is 2. The highest BCUT2D eigenvalue weighted by molar-refractivity contribution is 6.33. The van der Waals surface area contributed by atoms with Gasteiger partial charge >= 0.3 is 0 Å². The van der Waals surface area contributed by atoms with Gasteiger partial charge in [0.1, 0.15) is 5.69 Å². The van der Waals surface area contributed by atoms with Crippen molar-refractivity contribution >= 4 is 34.8 Å². The van der Waals surface area contributed by atoms with Crippen molar-refractivity contribution in [1.82, 2.24) is 15.2 Å². The molecule has 0 aliphatic rings. The van der Waals surface area contributed by atoms with Gasteiger partial charge in [-0.2, -0.15) is 0 Å². The number of nitrogens with zero attached hydrogens (tertiary/aromatic N) is 2. The number of halogens is 2. The van der Waals surface area contributed by atoms with E-state index < -0.39 is 0 Å². The molecule has 0 spiro atoms. The Morgan fingerprint density at radius 1 is 1.00 bits per heavy atom. The van der Waals surface area contributed by atoms with E-state index in [-0.39, 0.29) is 11.5 Å². The maximum Gasteiger partial charge on any atom is 0.274 e. The summed E-state index contributed by atoms with van der Waals surface area (Å²) in [5.41, 5.74) is 1.60. The first kappa shape index (κ1) is 15.5. The molecule has 7 heteroatoms. The van der Waals surface area contributed by atoms with E-state index in [1.54, 1.807) is 24.3 Å². The fourth-order valence-electron chi connectivity index (χ4n) is 2.02. The van der Waals surface area contributed by atoms with E-state index in [2.05, 4.69) is 20.5 Å². The molecule has 3 rings (SSSR count). The molecule has 2 N–H and O–H groups in total. The lowest BCUT2D eigenvalue weighted by atomic mass is 10.1. The molecule has 0 aliphatic carbocycles. The molecule has 0 aliphatic heterocycles. The first-order chi connectivity index (χ1) is 11.1. The fraction of sp³-hybridized carbons (Fsp3) is 0.0625. The molecule has 0 saturated heterocycles. The topological polar surface area (TPSA) is 70.7 Å². The van der Waals surface area contributed by atoms with Crippen LogP contribution in [0.25, 0.3) is 0 Å². The molecule has 3 aromatic rings. The highest BCUT2D eigenvalue weighted by Gasteiger charge is 2.07. The minimum atomic E-state index is -0.301. The van der Waals surface area contributed by atoms with Gasteiger partial charge in [-0.1, -0.05) is 47.5 Å². The highest BCUT2D eigenvalue weighted by Crippen LogP contribution is 2.22. The number of aromatic nitrogens is 3. The second-order valence-corrected chi connectivity index (χ2v) is 5.70. The van der Waals surface area contributed by atoms with Gasteiger partial charge in [-0.25, -0.2) is 0 Å². The number of aromatic amines is 1. The van der Waals surface area contributed by atoms with Crippen LogP contribution in [0.4, 0.5) is 11.6 Å². The Morgan fingerprint density at radius 2 is 1.74 bits per heavy atom. The fourth-order valence-corrected chi connectivity index (χ4v) is 2.33. The van der Waals surface area contributed by atoms with Crippen molar-refractivity contribution in [3.05, 3.63) is 80.2 Å². The number of hydrogen-bond donors (Lipinski definition) is 2. The van der Waals surface area contributed by atoms with Crippen LogP contribution >= 0.6 is 23.2 Å². The molecule has 0 atom stereocenters. The number of anilines is 2. The van der Waals surface area contributed by atoms with Crippen LogP contribution < -0.4 is 10.9 Å². The van der Waals surface area contributed by atoms with Crippen LogP contribution in [0.15, 0.2) is 53.3 Å². The van der Waals surface area contributed by atoms with Gasteiger partial charge in [0.15, 0.2) is 0 Å². The summed E-state index contributed by atoms with van der Waals surface area (Å²) in [4.78, 5) is 14.8. The molecule has 1 heterocycles. The zero-order valence-electron chi connectivity index (χ0n) is 11.9. The van der Waals surface area contributed by atoms with Crippen molar-refractivity contribution < 1.29 is 0 Å². The van der Waals surface area contributed by atoms with Crippen molar-refractivity contribution in [2.45, 2.75) is 6.42 Å². The van der Waals surface area contributed by atoms with Gasteiger partial charge in [0, 0.05) is 11.4 Å². The summed E-state index contributed by atoms with van der Waals surface area (Å²) in [6.07, 6.45) is 0.381. The van der Waals surface area contributed by atoms with Crippen molar-refractivity contribution in [3.63, 3.8) is 0 Å². The molecule has 0 saturated carbocycles. The third-order valence-electron chi connectivity index (χ3n) is 3.18. The third kappa shape index (κ3) is 3.88. The molecule has 2 aromatic carbocycles. The van der Waals surface area contributed by atoms with E-state index in [0.29, 0.717) is 27.8 Å². The minimum absolute atomic E-state index is 0.239. The van der Waals surface area contributed by atoms with E-state index in [4.69, 9.17) is 23.2 Å². The van der Waals surface area contributed by atoms with E-state index in [0.717, 1.165) is 5.56 Å². The predicted octanol–water partition coefficient (Wildman–Crippen LogP) is 3.81. The molecule has 116 valence electrons. The minimum Gasteiger partial charge on any atom is -0.323 e. The molecule has 1 aromatic heterocycles. The number of para-hydroxylation sites is 1. The van der Waals surface area contributed by atoms with Crippen LogP contribution in [-0.2, 0) is 6.42 Å². The van der Waals surface area contributed by atoms with Crippen LogP contribution in [0.2, 0.25) is 10.0 Å². The normalized spacial score (nSPS) is 10.5. The second-order valence-electron chi connectivity index (χ2n) is 4.86. The van der Waals surface area contributed by atoms with Crippen LogP contribution in [0, 0.1) is 0 Å². The smallest absolute Gasteiger partial charge is 0.274 e. The monoisotopic (exact) mass is 346 g/mol. The SMILES string of the molecule is O=c1[nH]c(Nc2ccccc2Cl)nnc1Cc1ccc(Cl)cc1. The van der Waals surface area contributed by atoms with E-state index in [1.165, 1.54) is 0 Å². The molecular formula is C16H12Cl2N4O. The van der Waals surface area contributed by atoms with Gasteiger partial charge in [0.2, 0.25) is 5.95 Å². The lowest BCUT2D eigenvalue weighted by molar-refractivity contribution is 0.874. The molecule has 5 nitrogen and oxygen atoms in total. The first-order valence-corrected chi connectivity index (χ1v) is 7.59. The Bertz CT molecular complexity index is 878. The highest BCUT2D eigenvalue weighted by atomic mass is 35.5. The summed E-state index contributed by atoms with van der Waals surface area (Å²) in [6, 6.07) is 14.4. The van der Waals surface area contributed by atoms with Crippen LogP contribution in [0.5, 0.6) is 0 Å². The second kappa shape index (κ2) is 6.81. The van der Waals surface area contributed by atoms with E-state index in [9.17, 15) is 4.79 Å². The summed E-state index contributed by atoms with van der Waals surface area (Å²) >= 11 is 11.9. The first-order valence-electron chi connectivity index (χ1n) is 6.84. The van der Waals surface area contributed by atoms with Gasteiger partial charge in [-0.05, 0) is 29.8 Å². The molecule has 0 unspecified atom stereocenters. The Kier molecular flexibility index (Phi) is 4.60. The van der Waals surface area contributed by atoms with Crippen molar-refractivity contribution in [3.8, 4) is 0 Å². The molecule has 0 amide bonds. The quantitative estimate of drug-likeness (QED) is 0.753. The average molecular weight is 347 g/mol. The zero-order chi connectivity index (χ0) is 16.2. The molecule has 23 heavy (non-hydrogen) atoms. The van der Waals surface area contributed by atoms with Gasteiger partial charge < -0.3 is 5.32 Å². The van der Waals surface area contributed by atoms with Crippen molar-refractivity contribution in [2.24, 2.45) is 0 Å². The van der Waals surface area contributed by atoms with Crippen LogP contribution in [-0.4, -0.2) is 15.2 Å². The molecule has 0 fully saturated rings. The zero-order valence-corrected chi connectivity index (χ0v) is 13.4. The summed E-state index contributed by atoms with van der Waals surface area (Å²) < 4.78 is 0. The lowest BCUT2D eigenvalue weighted by Crippen LogP contribution is -2.18. The Hall–Kier alpha value is -2.37. The maximum atomic E-state index is 12.1. The Morgan fingerprint density at radius 3 is 2.43 bits per heavy atom. The number of hydrogen-bond acceptors (Lipinski definition) is 4. The standard InChI is InChI=1S/C16H12Cl2N4O/c17-11-7-5-10(6-8-11)9-14-15(23)20-16(22-21-14)19-13-4-2-1-3-12(13)18/h1-8H,9H2,(H2,19,20,22,23). The predicted molar refractivity (Wildman–Crippen MR) is 91.6 cm³/mol. The average Bonchev–Trinajstić information content (AvgIpc) is 2.54. The van der Waals surface area contributed by atoms with Crippen LogP contribution in [0.1, 0.15) is 11.3 Å². The number of rotatable bonds is 4.